The van der Waals surface area contributed by atoms with Gasteiger partial charge in [-0.05, 0) is 72.5 Å². The maximum absolute atomic E-state index is 13.0. The van der Waals surface area contributed by atoms with E-state index in [4.69, 9.17) is 4.74 Å². The van der Waals surface area contributed by atoms with Crippen molar-refractivity contribution in [2.24, 2.45) is 50.2 Å². The summed E-state index contributed by atoms with van der Waals surface area (Å²) in [5.74, 6) is 0.183. The molecule has 214 valence electrons. The summed E-state index contributed by atoms with van der Waals surface area (Å²) in [5, 5.41) is 35.0. The van der Waals surface area contributed by atoms with Gasteiger partial charge in [0.15, 0.2) is 0 Å². The number of carbonyl (C=O) groups excluding carboxylic acids is 2. The smallest absolute Gasteiger partial charge is 0.303 e. The Morgan fingerprint density at radius 2 is 1.68 bits per heavy atom. The number of rotatable bonds is 2. The molecule has 5 aliphatic carbocycles. The molecular weight excluding hydrogens is 480 g/mol. The third-order valence-corrected chi connectivity index (χ3v) is 13.3. The molecule has 4 saturated carbocycles. The van der Waals surface area contributed by atoms with Crippen molar-refractivity contribution >= 4 is 11.8 Å². The largest absolute Gasteiger partial charge is 0.459 e. The van der Waals surface area contributed by atoms with Gasteiger partial charge in [0.25, 0.3) is 0 Å². The van der Waals surface area contributed by atoms with Gasteiger partial charge in [0, 0.05) is 24.2 Å². The maximum Gasteiger partial charge on any atom is 0.303 e. The summed E-state index contributed by atoms with van der Waals surface area (Å²) in [6, 6.07) is 0. The molecule has 0 spiro atoms. The Kier molecular flexibility index (Phi) is 6.25. The van der Waals surface area contributed by atoms with E-state index in [-0.39, 0.29) is 46.0 Å². The molecule has 0 aromatic heterocycles. The van der Waals surface area contributed by atoms with Crippen LogP contribution in [0.1, 0.15) is 100 Å². The number of hydrogen-bond acceptors (Lipinski definition) is 6. The van der Waals surface area contributed by atoms with E-state index < -0.39 is 35.1 Å². The Balaban J connectivity index is 1.70. The molecule has 0 heterocycles. The summed E-state index contributed by atoms with van der Waals surface area (Å²) in [4.78, 5) is 25.5. The third-order valence-electron chi connectivity index (χ3n) is 13.3. The fraction of sp³-hybridized carbons (Fsp3) is 0.875. The van der Waals surface area contributed by atoms with Gasteiger partial charge in [-0.3, -0.25) is 9.59 Å². The van der Waals surface area contributed by atoms with E-state index in [9.17, 15) is 24.9 Å². The molecule has 4 fully saturated rings. The zero-order chi connectivity index (χ0) is 28.3. The van der Waals surface area contributed by atoms with E-state index in [0.717, 1.165) is 37.7 Å². The van der Waals surface area contributed by atoms with Crippen LogP contribution in [0.2, 0.25) is 0 Å². The number of ether oxygens (including phenoxy) is 1. The molecule has 0 saturated heterocycles. The first-order chi connectivity index (χ1) is 17.4. The molecule has 6 heteroatoms. The molecule has 6 nitrogen and oxygen atoms in total. The predicted molar refractivity (Wildman–Crippen MR) is 145 cm³/mol. The van der Waals surface area contributed by atoms with E-state index in [1.807, 2.05) is 0 Å². The second-order valence-electron chi connectivity index (χ2n) is 15.7. The summed E-state index contributed by atoms with van der Waals surface area (Å²) < 4.78 is 5.94. The lowest BCUT2D eigenvalue weighted by Gasteiger charge is -2.72. The summed E-state index contributed by atoms with van der Waals surface area (Å²) in [7, 11) is 0. The van der Waals surface area contributed by atoms with E-state index in [1.165, 1.54) is 6.92 Å². The zero-order valence-corrected chi connectivity index (χ0v) is 24.8. The quantitative estimate of drug-likeness (QED) is 0.349. The molecule has 0 aromatic carbocycles. The lowest BCUT2D eigenvalue weighted by molar-refractivity contribution is -0.272. The molecule has 10 atom stereocenters. The van der Waals surface area contributed by atoms with Gasteiger partial charge in [-0.2, -0.15) is 0 Å². The second-order valence-corrected chi connectivity index (χ2v) is 15.7. The van der Waals surface area contributed by atoms with Crippen molar-refractivity contribution in [1.29, 1.82) is 0 Å². The number of allylic oxidation sites excluding steroid dienone is 1. The van der Waals surface area contributed by atoms with Crippen molar-refractivity contribution in [3.63, 3.8) is 0 Å². The number of esters is 1. The molecule has 0 aromatic rings. The first-order valence-corrected chi connectivity index (χ1v) is 14.8. The van der Waals surface area contributed by atoms with Crippen molar-refractivity contribution in [1.82, 2.24) is 0 Å². The number of fused-ring (bicyclic) bond motifs is 7. The molecule has 0 aliphatic heterocycles. The van der Waals surface area contributed by atoms with Gasteiger partial charge in [0.2, 0.25) is 0 Å². The van der Waals surface area contributed by atoms with Crippen LogP contribution in [0.4, 0.5) is 0 Å². The topological polar surface area (TPSA) is 104 Å². The van der Waals surface area contributed by atoms with Gasteiger partial charge in [-0.25, -0.2) is 0 Å². The minimum atomic E-state index is -1.14. The van der Waals surface area contributed by atoms with Crippen molar-refractivity contribution in [3.05, 3.63) is 11.6 Å². The van der Waals surface area contributed by atoms with Crippen LogP contribution < -0.4 is 0 Å². The van der Waals surface area contributed by atoms with Crippen molar-refractivity contribution < 1.29 is 29.6 Å². The van der Waals surface area contributed by atoms with Crippen LogP contribution in [0.5, 0.6) is 0 Å². The number of hydrogen-bond donors (Lipinski definition) is 3. The van der Waals surface area contributed by atoms with Crippen molar-refractivity contribution in [2.45, 2.75) is 119 Å². The van der Waals surface area contributed by atoms with E-state index >= 15 is 0 Å². The molecule has 3 N–H and O–H groups in total. The average molecular weight is 531 g/mol. The highest BCUT2D eigenvalue weighted by Gasteiger charge is 2.74. The third kappa shape index (κ3) is 3.29. The van der Waals surface area contributed by atoms with E-state index in [1.54, 1.807) is 0 Å². The van der Waals surface area contributed by atoms with Gasteiger partial charge in [0.1, 0.15) is 18.0 Å². The number of ketones is 1. The van der Waals surface area contributed by atoms with Crippen LogP contribution in [0.25, 0.3) is 0 Å². The molecule has 5 rings (SSSR count). The number of aliphatic hydroxyl groups excluding tert-OH is 3. The lowest BCUT2D eigenvalue weighted by atomic mass is 9.32. The summed E-state index contributed by atoms with van der Waals surface area (Å²) in [6.45, 7) is 16.4. The molecular formula is C32H50O6. The predicted octanol–water partition coefficient (Wildman–Crippen LogP) is 4.83. The molecule has 0 amide bonds. The van der Waals surface area contributed by atoms with Gasteiger partial charge >= 0.3 is 5.97 Å². The average Bonchev–Trinajstić information content (AvgIpc) is 2.80. The van der Waals surface area contributed by atoms with Gasteiger partial charge in [-0.15, -0.1) is 0 Å². The number of carbonyl (C=O) groups is 2. The van der Waals surface area contributed by atoms with Crippen molar-refractivity contribution in [2.75, 3.05) is 6.61 Å². The van der Waals surface area contributed by atoms with Crippen LogP contribution >= 0.6 is 0 Å². The SMILES string of the molecule is CC(=O)O[C@@H]1[C@H](O)[C@]2(C)C(=CC[C@@H]3[C@@]4(C)CCC(=O)C(C)(C)[C@@H]4CC[C@]32C)[C@@H]2CC(C)(C)C[C@H](O)[C@]12CO. The van der Waals surface area contributed by atoms with E-state index in [2.05, 4.69) is 54.5 Å². The number of Topliss-reactive ketones (excluding diaryl/α,β-unsaturated/α-hetero) is 1. The highest BCUT2D eigenvalue weighted by atomic mass is 16.6. The summed E-state index contributed by atoms with van der Waals surface area (Å²) in [5.41, 5.74) is -1.60. The number of aliphatic hydroxyl groups is 3. The molecule has 5 aliphatic rings. The van der Waals surface area contributed by atoms with Crippen LogP contribution in [0, 0.1) is 50.2 Å². The van der Waals surface area contributed by atoms with Gasteiger partial charge in [0.05, 0.1) is 18.1 Å². The lowest BCUT2D eigenvalue weighted by Crippen LogP contribution is -2.74. The first kappa shape index (κ1) is 28.3. The zero-order valence-electron chi connectivity index (χ0n) is 24.8. The molecule has 38 heavy (non-hydrogen) atoms. The van der Waals surface area contributed by atoms with Crippen molar-refractivity contribution in [3.8, 4) is 0 Å². The Hall–Kier alpha value is -1.24. The minimum Gasteiger partial charge on any atom is -0.459 e. The highest BCUT2D eigenvalue weighted by Crippen LogP contribution is 2.75. The fourth-order valence-corrected chi connectivity index (χ4v) is 11.1. The maximum atomic E-state index is 13.0. The van der Waals surface area contributed by atoms with Crippen LogP contribution in [0.3, 0.4) is 0 Å². The fourth-order valence-electron chi connectivity index (χ4n) is 11.1. The highest BCUT2D eigenvalue weighted by molar-refractivity contribution is 5.85. The Morgan fingerprint density at radius 1 is 1.03 bits per heavy atom. The summed E-state index contributed by atoms with van der Waals surface area (Å²) >= 11 is 0. The molecule has 0 unspecified atom stereocenters. The van der Waals surface area contributed by atoms with Gasteiger partial charge in [-0.1, -0.05) is 60.1 Å². The van der Waals surface area contributed by atoms with Crippen LogP contribution in [-0.2, 0) is 14.3 Å². The first-order valence-electron chi connectivity index (χ1n) is 14.8. The minimum absolute atomic E-state index is 0.0526. The Morgan fingerprint density at radius 3 is 2.29 bits per heavy atom. The van der Waals surface area contributed by atoms with Crippen LogP contribution in [0.15, 0.2) is 11.6 Å². The van der Waals surface area contributed by atoms with E-state index in [0.29, 0.717) is 18.6 Å². The molecule has 0 bridgehead atoms. The van der Waals surface area contributed by atoms with Gasteiger partial charge < -0.3 is 20.1 Å². The summed E-state index contributed by atoms with van der Waals surface area (Å²) in [6.07, 6.45) is 4.66. The normalized spacial score (nSPS) is 51.0. The van der Waals surface area contributed by atoms with Crippen LogP contribution in [-0.4, -0.2) is 52.0 Å². The Bertz CT molecular complexity index is 1060. The monoisotopic (exact) mass is 530 g/mol. The molecule has 0 radical (unpaired) electrons. The second kappa shape index (κ2) is 8.39. The standard InChI is InChI=1S/C32H50O6/c1-18(34)38-26-25(37)31(8)19(20-15-27(2,3)16-24(36)32(20,26)17-33)9-10-22-29(6)13-12-23(35)28(4,5)21(29)11-14-30(22,31)7/h9,20-22,24-26,33,36-37H,10-17H2,1-8H3/t20-,21-,22+,24-,25-,26+,29-,30+,31-,32+/m0/s1. The Labute approximate surface area is 228 Å².